The van der Waals surface area contributed by atoms with Crippen molar-refractivity contribution in [3.63, 3.8) is 0 Å². The summed E-state index contributed by atoms with van der Waals surface area (Å²) in [7, 11) is -3.79. The van der Waals surface area contributed by atoms with Crippen molar-refractivity contribution in [1.29, 1.82) is 0 Å². The van der Waals surface area contributed by atoms with Crippen molar-refractivity contribution in [2.24, 2.45) is 0 Å². The van der Waals surface area contributed by atoms with Crippen LogP contribution >= 0.6 is 0 Å². The number of rotatable bonds is 8. The van der Waals surface area contributed by atoms with E-state index >= 15 is 0 Å². The van der Waals surface area contributed by atoms with E-state index in [0.29, 0.717) is 5.82 Å². The summed E-state index contributed by atoms with van der Waals surface area (Å²) >= 11 is 0. The van der Waals surface area contributed by atoms with Gasteiger partial charge in [-0.2, -0.15) is 5.10 Å². The van der Waals surface area contributed by atoms with Crippen molar-refractivity contribution >= 4 is 15.9 Å². The van der Waals surface area contributed by atoms with Crippen LogP contribution in [0.1, 0.15) is 23.4 Å². The van der Waals surface area contributed by atoms with E-state index in [1.165, 1.54) is 12.1 Å². The number of halogens is 1. The molecule has 2 N–H and O–H groups in total. The van der Waals surface area contributed by atoms with Gasteiger partial charge in [-0.1, -0.05) is 6.07 Å². The molecule has 1 amide bonds. The van der Waals surface area contributed by atoms with Crippen molar-refractivity contribution in [2.75, 3.05) is 6.54 Å². The SMILES string of the molecule is Cc1cc(C)n(-c2ccc(CNC(=O)CCNS(=O)(=O)c3ccc(F)cc3)cn2)n1. The van der Waals surface area contributed by atoms with Crippen LogP contribution in [0.15, 0.2) is 53.6 Å². The van der Waals surface area contributed by atoms with Crippen LogP contribution in [-0.2, 0) is 21.4 Å². The third kappa shape index (κ3) is 5.49. The minimum absolute atomic E-state index is 0.0301. The van der Waals surface area contributed by atoms with Gasteiger partial charge >= 0.3 is 0 Å². The summed E-state index contributed by atoms with van der Waals surface area (Å²) in [4.78, 5) is 16.3. The van der Waals surface area contributed by atoms with Gasteiger partial charge in [-0.25, -0.2) is 27.2 Å². The van der Waals surface area contributed by atoms with E-state index in [1.807, 2.05) is 32.0 Å². The minimum atomic E-state index is -3.79. The van der Waals surface area contributed by atoms with Gasteiger partial charge in [0.25, 0.3) is 0 Å². The lowest BCUT2D eigenvalue weighted by Crippen LogP contribution is -2.30. The minimum Gasteiger partial charge on any atom is -0.352 e. The summed E-state index contributed by atoms with van der Waals surface area (Å²) in [5.41, 5.74) is 2.69. The lowest BCUT2D eigenvalue weighted by molar-refractivity contribution is -0.121. The van der Waals surface area contributed by atoms with Gasteiger partial charge in [0.05, 0.1) is 10.6 Å². The number of nitrogens with one attached hydrogen (secondary N) is 2. The summed E-state index contributed by atoms with van der Waals surface area (Å²) in [5, 5.41) is 7.10. The summed E-state index contributed by atoms with van der Waals surface area (Å²) in [6.07, 6.45) is 1.63. The molecule has 3 rings (SSSR count). The largest absolute Gasteiger partial charge is 0.352 e. The predicted octanol–water partition coefficient (Wildman–Crippen LogP) is 2.01. The van der Waals surface area contributed by atoms with Gasteiger partial charge in [-0.15, -0.1) is 0 Å². The Balaban J connectivity index is 1.46. The van der Waals surface area contributed by atoms with Crippen LogP contribution < -0.4 is 10.0 Å². The number of carbonyl (C=O) groups is 1. The van der Waals surface area contributed by atoms with E-state index in [-0.39, 0.29) is 30.3 Å². The highest BCUT2D eigenvalue weighted by atomic mass is 32.2. The number of hydrogen-bond donors (Lipinski definition) is 2. The zero-order valence-corrected chi connectivity index (χ0v) is 17.4. The van der Waals surface area contributed by atoms with Crippen LogP contribution in [0.4, 0.5) is 4.39 Å². The maximum atomic E-state index is 12.9. The van der Waals surface area contributed by atoms with E-state index in [9.17, 15) is 17.6 Å². The Bertz CT molecular complexity index is 1130. The Morgan fingerprint density at radius 3 is 2.47 bits per heavy atom. The van der Waals surface area contributed by atoms with Crippen LogP contribution in [0.2, 0.25) is 0 Å². The molecule has 0 spiro atoms. The van der Waals surface area contributed by atoms with Crippen molar-refractivity contribution < 1.29 is 17.6 Å². The fraction of sp³-hybridized carbons (Fsp3) is 0.250. The van der Waals surface area contributed by atoms with Gasteiger partial charge in [0.15, 0.2) is 5.82 Å². The Kier molecular flexibility index (Phi) is 6.58. The van der Waals surface area contributed by atoms with Gasteiger partial charge in [0.1, 0.15) is 5.82 Å². The number of carbonyl (C=O) groups excluding carboxylic acids is 1. The Hall–Kier alpha value is -3.11. The van der Waals surface area contributed by atoms with E-state index in [0.717, 1.165) is 29.1 Å². The van der Waals surface area contributed by atoms with Crippen molar-refractivity contribution in [2.45, 2.75) is 31.7 Å². The summed E-state index contributed by atoms with van der Waals surface area (Å²) in [5.74, 6) is -0.143. The lowest BCUT2D eigenvalue weighted by Gasteiger charge is -2.08. The number of aromatic nitrogens is 3. The second kappa shape index (κ2) is 9.14. The van der Waals surface area contributed by atoms with Crippen LogP contribution in [0.25, 0.3) is 5.82 Å². The van der Waals surface area contributed by atoms with E-state index < -0.39 is 15.8 Å². The molecule has 1 aromatic carbocycles. The van der Waals surface area contributed by atoms with Gasteiger partial charge < -0.3 is 5.32 Å². The molecule has 3 aromatic rings. The number of aryl methyl sites for hydroxylation is 2. The molecular formula is C20H22FN5O3S. The molecule has 0 saturated heterocycles. The average Bonchev–Trinajstić information content (AvgIpc) is 3.05. The number of hydrogen-bond acceptors (Lipinski definition) is 5. The quantitative estimate of drug-likeness (QED) is 0.568. The first kappa shape index (κ1) is 21.6. The second-order valence-electron chi connectivity index (χ2n) is 6.74. The molecule has 158 valence electrons. The monoisotopic (exact) mass is 431 g/mol. The number of benzene rings is 1. The van der Waals surface area contributed by atoms with Crippen molar-refractivity contribution in [3.8, 4) is 5.82 Å². The summed E-state index contributed by atoms with van der Waals surface area (Å²) in [6.45, 7) is 4.06. The smallest absolute Gasteiger partial charge is 0.240 e. The highest BCUT2D eigenvalue weighted by Crippen LogP contribution is 2.11. The molecule has 0 aliphatic heterocycles. The molecular weight excluding hydrogens is 409 g/mol. The number of amides is 1. The van der Waals surface area contributed by atoms with Crippen molar-refractivity contribution in [1.82, 2.24) is 24.8 Å². The molecule has 0 unspecified atom stereocenters. The fourth-order valence-electron chi connectivity index (χ4n) is 2.79. The molecule has 0 radical (unpaired) electrons. The zero-order chi connectivity index (χ0) is 21.7. The van der Waals surface area contributed by atoms with Gasteiger partial charge in [0, 0.05) is 31.4 Å². The summed E-state index contributed by atoms with van der Waals surface area (Å²) < 4.78 is 41.2. The predicted molar refractivity (Wildman–Crippen MR) is 109 cm³/mol. The molecule has 10 heteroatoms. The molecule has 2 heterocycles. The summed E-state index contributed by atoms with van der Waals surface area (Å²) in [6, 6.07) is 10.1. The molecule has 0 aliphatic carbocycles. The number of sulfonamides is 1. The molecule has 0 aliphatic rings. The molecule has 0 fully saturated rings. The van der Waals surface area contributed by atoms with Crippen LogP contribution in [0.5, 0.6) is 0 Å². The highest BCUT2D eigenvalue weighted by molar-refractivity contribution is 7.89. The Labute approximate surface area is 174 Å². The fourth-order valence-corrected chi connectivity index (χ4v) is 3.82. The zero-order valence-electron chi connectivity index (χ0n) is 16.6. The van der Waals surface area contributed by atoms with E-state index in [1.54, 1.807) is 10.9 Å². The first-order valence-electron chi connectivity index (χ1n) is 9.25. The molecule has 2 aromatic heterocycles. The maximum absolute atomic E-state index is 12.9. The van der Waals surface area contributed by atoms with E-state index in [4.69, 9.17) is 0 Å². The Morgan fingerprint density at radius 1 is 1.13 bits per heavy atom. The van der Waals surface area contributed by atoms with Gasteiger partial charge in [0.2, 0.25) is 15.9 Å². The lowest BCUT2D eigenvalue weighted by atomic mass is 10.2. The molecule has 0 bridgehead atoms. The van der Waals surface area contributed by atoms with Gasteiger partial charge in [-0.05, 0) is 55.8 Å². The number of nitrogens with zero attached hydrogens (tertiary/aromatic N) is 3. The maximum Gasteiger partial charge on any atom is 0.240 e. The average molecular weight is 431 g/mol. The van der Waals surface area contributed by atoms with Crippen molar-refractivity contribution in [3.05, 3.63) is 71.4 Å². The van der Waals surface area contributed by atoms with Crippen LogP contribution in [-0.4, -0.2) is 35.6 Å². The topological polar surface area (TPSA) is 106 Å². The molecule has 0 saturated carbocycles. The molecule has 8 nitrogen and oxygen atoms in total. The second-order valence-corrected chi connectivity index (χ2v) is 8.51. The van der Waals surface area contributed by atoms with Crippen LogP contribution in [0, 0.1) is 19.7 Å². The first-order valence-corrected chi connectivity index (χ1v) is 10.7. The third-order valence-corrected chi connectivity index (χ3v) is 5.77. The standard InChI is InChI=1S/C20H22FN5O3S/c1-14-11-15(2)26(25-14)19-8-3-16(12-22-19)13-23-20(27)9-10-24-30(28,29)18-6-4-17(21)5-7-18/h3-8,11-12,24H,9-10,13H2,1-2H3,(H,23,27). The Morgan fingerprint density at radius 2 is 1.87 bits per heavy atom. The molecule has 30 heavy (non-hydrogen) atoms. The first-order chi connectivity index (χ1) is 14.2. The van der Waals surface area contributed by atoms with Crippen LogP contribution in [0.3, 0.4) is 0 Å². The third-order valence-electron chi connectivity index (χ3n) is 4.29. The van der Waals surface area contributed by atoms with E-state index in [2.05, 4.69) is 20.1 Å². The normalized spacial score (nSPS) is 11.4. The number of pyridine rings is 1. The molecule has 0 atom stereocenters. The highest BCUT2D eigenvalue weighted by Gasteiger charge is 2.14. The van der Waals surface area contributed by atoms with Gasteiger partial charge in [-0.3, -0.25) is 4.79 Å².